The van der Waals surface area contributed by atoms with Crippen LogP contribution in [0.15, 0.2) is 45.6 Å². The average Bonchev–Trinajstić information content (AvgIpc) is 2.93. The van der Waals surface area contributed by atoms with Gasteiger partial charge in [0.1, 0.15) is 5.82 Å². The summed E-state index contributed by atoms with van der Waals surface area (Å²) in [6.07, 6.45) is 0.629. The summed E-state index contributed by atoms with van der Waals surface area (Å²) in [5, 5.41) is 2.59. The Hall–Kier alpha value is -3.33. The molecule has 0 unspecified atom stereocenters. The summed E-state index contributed by atoms with van der Waals surface area (Å²) < 4.78 is 18.7. The SMILES string of the molecule is O=C(Nc1ccc2[nH]c(=O)oc2c1)C(=O)N1CCCN(c2ccc(Cl)c(F)c2)CC1. The zero-order chi connectivity index (χ0) is 21.3. The first-order chi connectivity index (χ1) is 14.4. The van der Waals surface area contributed by atoms with Crippen molar-refractivity contribution in [3.05, 3.63) is 57.8 Å². The van der Waals surface area contributed by atoms with Gasteiger partial charge in [0.15, 0.2) is 5.58 Å². The minimum absolute atomic E-state index is 0.0548. The summed E-state index contributed by atoms with van der Waals surface area (Å²) in [7, 11) is 0. The molecule has 0 bridgehead atoms. The Balaban J connectivity index is 1.40. The van der Waals surface area contributed by atoms with Crippen molar-refractivity contribution < 1.29 is 18.4 Å². The van der Waals surface area contributed by atoms with E-state index in [1.807, 2.05) is 4.90 Å². The van der Waals surface area contributed by atoms with Crippen molar-refractivity contribution in [3.63, 3.8) is 0 Å². The second-order valence-electron chi connectivity index (χ2n) is 6.91. The largest absolute Gasteiger partial charge is 0.417 e. The summed E-state index contributed by atoms with van der Waals surface area (Å²) in [6, 6.07) is 9.20. The zero-order valence-electron chi connectivity index (χ0n) is 15.8. The number of hydrogen-bond acceptors (Lipinski definition) is 5. The Bertz CT molecular complexity index is 1180. The van der Waals surface area contributed by atoms with Crippen molar-refractivity contribution in [2.45, 2.75) is 6.42 Å². The molecule has 8 nitrogen and oxygen atoms in total. The second kappa shape index (κ2) is 8.19. The van der Waals surface area contributed by atoms with E-state index < -0.39 is 23.4 Å². The normalized spacial score (nSPS) is 14.6. The molecule has 2 N–H and O–H groups in total. The van der Waals surface area contributed by atoms with Gasteiger partial charge in [-0.25, -0.2) is 9.18 Å². The predicted molar refractivity (Wildman–Crippen MR) is 110 cm³/mol. The highest BCUT2D eigenvalue weighted by atomic mass is 35.5. The van der Waals surface area contributed by atoms with Gasteiger partial charge in [0.2, 0.25) is 0 Å². The van der Waals surface area contributed by atoms with Crippen LogP contribution < -0.4 is 16.0 Å². The minimum Gasteiger partial charge on any atom is -0.408 e. The third-order valence-corrected chi connectivity index (χ3v) is 5.23. The van der Waals surface area contributed by atoms with E-state index in [0.29, 0.717) is 49.5 Å². The minimum atomic E-state index is -0.779. The van der Waals surface area contributed by atoms with Crippen LogP contribution in [0.3, 0.4) is 0 Å². The highest BCUT2D eigenvalue weighted by molar-refractivity contribution is 6.39. The number of carbonyl (C=O) groups excluding carboxylic acids is 2. The summed E-state index contributed by atoms with van der Waals surface area (Å²) >= 11 is 5.74. The third kappa shape index (κ3) is 4.16. The molecule has 4 rings (SSSR count). The lowest BCUT2D eigenvalue weighted by Gasteiger charge is -2.23. The molecular weight excluding hydrogens is 415 g/mol. The predicted octanol–water partition coefficient (Wildman–Crippen LogP) is 2.59. The molecule has 2 aromatic carbocycles. The lowest BCUT2D eigenvalue weighted by Crippen LogP contribution is -2.41. The lowest BCUT2D eigenvalue weighted by atomic mass is 10.2. The number of aromatic amines is 1. The molecule has 2 heterocycles. The first-order valence-electron chi connectivity index (χ1n) is 9.34. The molecule has 0 aliphatic carbocycles. The van der Waals surface area contributed by atoms with Crippen LogP contribution in [0.4, 0.5) is 15.8 Å². The van der Waals surface area contributed by atoms with Crippen LogP contribution in [0.2, 0.25) is 5.02 Å². The number of aromatic nitrogens is 1. The van der Waals surface area contributed by atoms with Gasteiger partial charge in [0.05, 0.1) is 10.5 Å². The molecule has 1 aromatic heterocycles. The van der Waals surface area contributed by atoms with Crippen LogP contribution in [0.25, 0.3) is 11.1 Å². The molecule has 156 valence electrons. The Kier molecular flexibility index (Phi) is 5.45. The molecule has 1 aliphatic heterocycles. The Morgan fingerprint density at radius 2 is 1.93 bits per heavy atom. The summed E-state index contributed by atoms with van der Waals surface area (Å²) in [6.45, 7) is 1.81. The van der Waals surface area contributed by atoms with Crippen molar-refractivity contribution in [3.8, 4) is 0 Å². The van der Waals surface area contributed by atoms with E-state index >= 15 is 0 Å². The van der Waals surface area contributed by atoms with Gasteiger partial charge < -0.3 is 19.5 Å². The molecule has 1 fully saturated rings. The van der Waals surface area contributed by atoms with E-state index in [1.165, 1.54) is 23.1 Å². The number of hydrogen-bond donors (Lipinski definition) is 2. The third-order valence-electron chi connectivity index (χ3n) is 4.92. The van der Waals surface area contributed by atoms with E-state index in [9.17, 15) is 18.8 Å². The number of fused-ring (bicyclic) bond motifs is 1. The highest BCUT2D eigenvalue weighted by Crippen LogP contribution is 2.23. The zero-order valence-corrected chi connectivity index (χ0v) is 16.5. The molecule has 0 atom stereocenters. The number of nitrogens with one attached hydrogen (secondary N) is 2. The first kappa shape index (κ1) is 20.0. The van der Waals surface area contributed by atoms with E-state index in [0.717, 1.165) is 0 Å². The van der Waals surface area contributed by atoms with E-state index in [4.69, 9.17) is 16.0 Å². The van der Waals surface area contributed by atoms with Gasteiger partial charge in [-0.15, -0.1) is 0 Å². The number of halogens is 2. The number of amides is 2. The molecular formula is C20H18ClFN4O4. The van der Waals surface area contributed by atoms with Crippen molar-refractivity contribution in [1.29, 1.82) is 0 Å². The standard InChI is InChI=1S/C20H18ClFN4O4/c21-14-4-3-13(11-15(14)22)25-6-1-7-26(9-8-25)19(28)18(27)23-12-2-5-16-17(10-12)30-20(29)24-16/h2-5,10-11H,1,6-9H2,(H,23,27)(H,24,29). The van der Waals surface area contributed by atoms with Crippen LogP contribution in [0.5, 0.6) is 0 Å². The van der Waals surface area contributed by atoms with Crippen LogP contribution >= 0.6 is 11.6 Å². The molecule has 3 aromatic rings. The van der Waals surface area contributed by atoms with Gasteiger partial charge in [-0.3, -0.25) is 14.6 Å². The van der Waals surface area contributed by atoms with Crippen LogP contribution in [0.1, 0.15) is 6.42 Å². The van der Waals surface area contributed by atoms with Crippen LogP contribution in [0, 0.1) is 5.82 Å². The van der Waals surface area contributed by atoms with Gasteiger partial charge in [0, 0.05) is 43.6 Å². The Morgan fingerprint density at radius 1 is 1.10 bits per heavy atom. The van der Waals surface area contributed by atoms with Gasteiger partial charge in [-0.1, -0.05) is 11.6 Å². The van der Waals surface area contributed by atoms with Gasteiger partial charge in [-0.05, 0) is 36.8 Å². The molecule has 2 amide bonds. The number of carbonyl (C=O) groups is 2. The number of benzene rings is 2. The molecule has 30 heavy (non-hydrogen) atoms. The smallest absolute Gasteiger partial charge is 0.408 e. The number of nitrogens with zero attached hydrogens (tertiary/aromatic N) is 2. The fraction of sp³-hybridized carbons (Fsp3) is 0.250. The van der Waals surface area contributed by atoms with E-state index in [1.54, 1.807) is 18.2 Å². The number of oxazole rings is 1. The maximum atomic E-state index is 13.8. The maximum absolute atomic E-state index is 13.8. The van der Waals surface area contributed by atoms with Crippen molar-refractivity contribution in [2.24, 2.45) is 0 Å². The molecule has 10 heteroatoms. The van der Waals surface area contributed by atoms with Crippen LogP contribution in [-0.2, 0) is 9.59 Å². The summed E-state index contributed by atoms with van der Waals surface area (Å²) in [5.74, 6) is -2.53. The summed E-state index contributed by atoms with van der Waals surface area (Å²) in [5.41, 5.74) is 1.80. The average molecular weight is 433 g/mol. The summed E-state index contributed by atoms with van der Waals surface area (Å²) in [4.78, 5) is 42.2. The number of rotatable bonds is 2. The molecule has 1 aliphatic rings. The maximum Gasteiger partial charge on any atom is 0.417 e. The molecule has 0 spiro atoms. The quantitative estimate of drug-likeness (QED) is 0.606. The monoisotopic (exact) mass is 432 g/mol. The lowest BCUT2D eigenvalue weighted by molar-refractivity contribution is -0.143. The van der Waals surface area contributed by atoms with Gasteiger partial charge in [-0.2, -0.15) is 0 Å². The first-order valence-corrected chi connectivity index (χ1v) is 9.71. The fourth-order valence-electron chi connectivity index (χ4n) is 3.41. The number of anilines is 2. The second-order valence-corrected chi connectivity index (χ2v) is 7.32. The van der Waals surface area contributed by atoms with Crippen LogP contribution in [-0.4, -0.2) is 47.9 Å². The molecule has 0 saturated carbocycles. The Morgan fingerprint density at radius 3 is 2.73 bits per heavy atom. The molecule has 0 radical (unpaired) electrons. The van der Waals surface area contributed by atoms with E-state index in [2.05, 4.69) is 10.3 Å². The Labute approximate surface area is 175 Å². The van der Waals surface area contributed by atoms with Crippen molar-refractivity contribution in [1.82, 2.24) is 9.88 Å². The number of H-pyrrole nitrogens is 1. The van der Waals surface area contributed by atoms with E-state index in [-0.39, 0.29) is 10.6 Å². The van der Waals surface area contributed by atoms with Gasteiger partial charge in [0.25, 0.3) is 0 Å². The topological polar surface area (TPSA) is 98.6 Å². The highest BCUT2D eigenvalue weighted by Gasteiger charge is 2.25. The fourth-order valence-corrected chi connectivity index (χ4v) is 3.53. The van der Waals surface area contributed by atoms with Crippen molar-refractivity contribution in [2.75, 3.05) is 36.4 Å². The molecule has 1 saturated heterocycles. The van der Waals surface area contributed by atoms with Gasteiger partial charge >= 0.3 is 17.6 Å². The van der Waals surface area contributed by atoms with Crippen molar-refractivity contribution >= 4 is 45.9 Å².